The summed E-state index contributed by atoms with van der Waals surface area (Å²) in [7, 11) is 0. The summed E-state index contributed by atoms with van der Waals surface area (Å²) in [5.41, 5.74) is 1.81. The van der Waals surface area contributed by atoms with Crippen molar-refractivity contribution in [1.82, 2.24) is 9.88 Å². The summed E-state index contributed by atoms with van der Waals surface area (Å²) in [5.74, 6) is -0.0264. The first kappa shape index (κ1) is 19.8. The Morgan fingerprint density at radius 3 is 2.50 bits per heavy atom. The van der Waals surface area contributed by atoms with Crippen molar-refractivity contribution >= 4 is 33.7 Å². The van der Waals surface area contributed by atoms with E-state index in [9.17, 15) is 14.9 Å². The third-order valence-electron chi connectivity index (χ3n) is 5.59. The zero-order valence-corrected chi connectivity index (χ0v) is 16.7. The highest BCUT2D eigenvalue weighted by Gasteiger charge is 2.27. The zero-order chi connectivity index (χ0) is 21.1. The van der Waals surface area contributed by atoms with Gasteiger partial charge in [-0.2, -0.15) is 0 Å². The number of nitrogens with zero attached hydrogens (tertiary/aromatic N) is 4. The molecule has 154 valence electrons. The van der Waals surface area contributed by atoms with Crippen LogP contribution in [0.5, 0.6) is 0 Å². The first-order valence-corrected chi connectivity index (χ1v) is 9.90. The maximum Gasteiger partial charge on any atom is 0.278 e. The van der Waals surface area contributed by atoms with Crippen molar-refractivity contribution in [1.29, 1.82) is 0 Å². The van der Waals surface area contributed by atoms with Crippen molar-refractivity contribution in [3.63, 3.8) is 0 Å². The molecule has 0 aliphatic carbocycles. The predicted molar refractivity (Wildman–Crippen MR) is 117 cm³/mol. The van der Waals surface area contributed by atoms with Gasteiger partial charge < -0.3 is 10.2 Å². The van der Waals surface area contributed by atoms with E-state index in [1.165, 1.54) is 0 Å². The van der Waals surface area contributed by atoms with Crippen LogP contribution in [-0.2, 0) is 4.79 Å². The summed E-state index contributed by atoms with van der Waals surface area (Å²) in [4.78, 5) is 32.0. The van der Waals surface area contributed by atoms with Crippen LogP contribution < -0.4 is 10.2 Å². The molecule has 0 saturated carbocycles. The summed E-state index contributed by atoms with van der Waals surface area (Å²) in [6.07, 6.45) is 3.20. The number of amides is 1. The highest BCUT2D eigenvalue weighted by molar-refractivity contribution is 5.99. The minimum absolute atomic E-state index is 0.0264. The van der Waals surface area contributed by atoms with E-state index in [2.05, 4.69) is 20.1 Å². The van der Waals surface area contributed by atoms with Crippen LogP contribution in [0.1, 0.15) is 6.92 Å². The number of para-hydroxylation sites is 1. The number of nitro groups is 1. The average molecular weight is 405 g/mol. The van der Waals surface area contributed by atoms with Crippen molar-refractivity contribution < 1.29 is 9.72 Å². The molecule has 2 heterocycles. The number of nitro benzene ring substituents is 1. The van der Waals surface area contributed by atoms with Crippen LogP contribution in [0.3, 0.4) is 0 Å². The molecule has 8 heteroatoms. The van der Waals surface area contributed by atoms with E-state index in [1.54, 1.807) is 18.5 Å². The van der Waals surface area contributed by atoms with Crippen molar-refractivity contribution in [2.24, 2.45) is 0 Å². The molecule has 1 atom stereocenters. The summed E-state index contributed by atoms with van der Waals surface area (Å²) < 4.78 is 0. The van der Waals surface area contributed by atoms with Crippen molar-refractivity contribution in [3.8, 4) is 0 Å². The fraction of sp³-hybridized carbons (Fsp3) is 0.273. The minimum atomic E-state index is -0.376. The molecule has 2 aromatic carbocycles. The summed E-state index contributed by atoms with van der Waals surface area (Å²) in [6.45, 7) is 4.84. The molecule has 3 aromatic rings. The molecule has 1 unspecified atom stereocenters. The molecular weight excluding hydrogens is 382 g/mol. The fourth-order valence-electron chi connectivity index (χ4n) is 3.88. The zero-order valence-electron chi connectivity index (χ0n) is 16.7. The Hall–Kier alpha value is -3.52. The number of rotatable bonds is 5. The van der Waals surface area contributed by atoms with Gasteiger partial charge in [0.15, 0.2) is 0 Å². The largest absolute Gasteiger partial charge is 0.368 e. The summed E-state index contributed by atoms with van der Waals surface area (Å²) in [5, 5.41) is 15.7. The molecule has 0 radical (unpaired) electrons. The van der Waals surface area contributed by atoms with Crippen LogP contribution in [0.15, 0.2) is 60.9 Å². The van der Waals surface area contributed by atoms with Crippen LogP contribution in [0, 0.1) is 10.1 Å². The Kier molecular flexibility index (Phi) is 5.58. The number of fused-ring (bicyclic) bond motifs is 1. The maximum absolute atomic E-state index is 12.6. The number of carbonyl (C=O) groups is 1. The Morgan fingerprint density at radius 2 is 1.80 bits per heavy atom. The van der Waals surface area contributed by atoms with E-state index in [0.29, 0.717) is 5.39 Å². The molecule has 1 amide bonds. The average Bonchev–Trinajstić information content (AvgIpc) is 2.78. The highest BCUT2D eigenvalue weighted by atomic mass is 16.6. The lowest BCUT2D eigenvalue weighted by Crippen LogP contribution is -2.52. The van der Waals surface area contributed by atoms with E-state index < -0.39 is 0 Å². The van der Waals surface area contributed by atoms with Crippen molar-refractivity contribution in [2.75, 3.05) is 36.4 Å². The monoisotopic (exact) mass is 405 g/mol. The lowest BCUT2D eigenvalue weighted by Gasteiger charge is -2.38. The van der Waals surface area contributed by atoms with Gasteiger partial charge in [-0.05, 0) is 31.2 Å². The van der Waals surface area contributed by atoms with Gasteiger partial charge in [0.25, 0.3) is 5.69 Å². The molecular formula is C22H23N5O3. The van der Waals surface area contributed by atoms with Gasteiger partial charge in [0.1, 0.15) is 0 Å². The second-order valence-electron chi connectivity index (χ2n) is 7.34. The van der Waals surface area contributed by atoms with Gasteiger partial charge >= 0.3 is 0 Å². The second kappa shape index (κ2) is 8.46. The van der Waals surface area contributed by atoms with Crippen LogP contribution >= 0.6 is 0 Å². The van der Waals surface area contributed by atoms with E-state index in [1.807, 2.05) is 49.4 Å². The fourth-order valence-corrected chi connectivity index (χ4v) is 3.88. The molecule has 0 bridgehead atoms. The van der Waals surface area contributed by atoms with Gasteiger partial charge in [-0.15, -0.1) is 0 Å². The molecule has 8 nitrogen and oxygen atoms in total. The summed E-state index contributed by atoms with van der Waals surface area (Å²) in [6, 6.07) is 14.4. The Bertz CT molecular complexity index is 1060. The van der Waals surface area contributed by atoms with Crippen molar-refractivity contribution in [3.05, 3.63) is 71.0 Å². The first-order chi connectivity index (χ1) is 14.5. The van der Waals surface area contributed by atoms with Gasteiger partial charge in [0.2, 0.25) is 5.91 Å². The van der Waals surface area contributed by atoms with Crippen molar-refractivity contribution in [2.45, 2.75) is 13.0 Å². The molecule has 1 saturated heterocycles. The Labute approximate surface area is 174 Å². The molecule has 0 spiro atoms. The third kappa shape index (κ3) is 3.95. The number of anilines is 2. The second-order valence-corrected chi connectivity index (χ2v) is 7.34. The van der Waals surface area contributed by atoms with Gasteiger partial charge in [-0.25, -0.2) is 0 Å². The number of nitrogens with one attached hydrogen (secondary N) is 1. The number of benzene rings is 2. The van der Waals surface area contributed by atoms with Crippen LogP contribution in [0.25, 0.3) is 10.8 Å². The van der Waals surface area contributed by atoms with E-state index in [0.717, 1.165) is 42.9 Å². The molecule has 4 rings (SSSR count). The van der Waals surface area contributed by atoms with Gasteiger partial charge in [-0.3, -0.25) is 24.8 Å². The molecule has 1 aliphatic heterocycles. The van der Waals surface area contributed by atoms with Gasteiger partial charge in [0.05, 0.1) is 16.4 Å². The number of pyridine rings is 1. The van der Waals surface area contributed by atoms with Gasteiger partial charge in [0, 0.05) is 61.4 Å². The number of carbonyl (C=O) groups excluding carboxylic acids is 1. The Morgan fingerprint density at radius 1 is 1.07 bits per heavy atom. The molecule has 30 heavy (non-hydrogen) atoms. The van der Waals surface area contributed by atoms with Crippen LogP contribution in [-0.4, -0.2) is 52.9 Å². The normalized spacial score (nSPS) is 15.7. The van der Waals surface area contributed by atoms with Gasteiger partial charge in [-0.1, -0.05) is 18.2 Å². The molecule has 1 aliphatic rings. The first-order valence-electron chi connectivity index (χ1n) is 9.90. The predicted octanol–water partition coefficient (Wildman–Crippen LogP) is 3.29. The highest BCUT2D eigenvalue weighted by Crippen LogP contribution is 2.33. The molecule has 1 N–H and O–H groups in total. The van der Waals surface area contributed by atoms with E-state index in [4.69, 9.17) is 0 Å². The number of hydrogen-bond acceptors (Lipinski definition) is 6. The number of hydrogen-bond donors (Lipinski definition) is 1. The molecule has 1 aromatic heterocycles. The van der Waals surface area contributed by atoms with Crippen LogP contribution in [0.4, 0.5) is 17.1 Å². The number of non-ortho nitro benzene ring substituents is 1. The lowest BCUT2D eigenvalue weighted by molar-refractivity contribution is -0.383. The third-order valence-corrected chi connectivity index (χ3v) is 5.59. The quantitative estimate of drug-likeness (QED) is 0.517. The van der Waals surface area contributed by atoms with E-state index >= 15 is 0 Å². The van der Waals surface area contributed by atoms with Crippen LogP contribution in [0.2, 0.25) is 0 Å². The SMILES string of the molecule is CC(C(=O)Nc1ccccc1)N1CCN(c2ccc([N+](=O)[O-])c3cnccc23)CC1. The smallest absolute Gasteiger partial charge is 0.278 e. The minimum Gasteiger partial charge on any atom is -0.368 e. The number of aromatic nitrogens is 1. The number of piperazine rings is 1. The van der Waals surface area contributed by atoms with E-state index in [-0.39, 0.29) is 22.6 Å². The Balaban J connectivity index is 1.45. The topological polar surface area (TPSA) is 91.6 Å². The standard InChI is InChI=1S/C22H23N5O3/c1-16(22(28)24-17-5-3-2-4-6-17)25-11-13-26(14-12-25)20-7-8-21(27(29)30)19-15-23-10-9-18(19)20/h2-10,15-16H,11-14H2,1H3,(H,24,28). The molecule has 1 fully saturated rings. The lowest BCUT2D eigenvalue weighted by atomic mass is 10.1. The maximum atomic E-state index is 12.6. The summed E-state index contributed by atoms with van der Waals surface area (Å²) >= 11 is 0.